The van der Waals surface area contributed by atoms with Gasteiger partial charge in [-0.2, -0.15) is 0 Å². The van der Waals surface area contributed by atoms with Gasteiger partial charge in [0.25, 0.3) is 0 Å². The second kappa shape index (κ2) is 3.86. The molecule has 0 bridgehead atoms. The van der Waals surface area contributed by atoms with E-state index >= 15 is 0 Å². The van der Waals surface area contributed by atoms with Crippen molar-refractivity contribution in [2.75, 3.05) is 0 Å². The summed E-state index contributed by atoms with van der Waals surface area (Å²) in [6.07, 6.45) is 4.25. The van der Waals surface area contributed by atoms with Crippen LogP contribution >= 0.6 is 0 Å². The quantitative estimate of drug-likeness (QED) is 0.697. The standard InChI is InChI=1S/C7H15.Pb.3H/c1-4-7(5-2)6-3;;;;/h4-6H2,1-3H3;;;;. The molecule has 0 nitrogen and oxygen atoms in total. The Balaban J connectivity index is 3.58. The van der Waals surface area contributed by atoms with Crippen LogP contribution in [0.5, 0.6) is 0 Å². The summed E-state index contributed by atoms with van der Waals surface area (Å²) in [5.74, 6) is 0. The Morgan fingerprint density at radius 2 is 1.25 bits per heavy atom. The van der Waals surface area contributed by atoms with Crippen molar-refractivity contribution in [1.82, 2.24) is 0 Å². The first-order valence-electron chi connectivity index (χ1n) is 3.68. The Hall–Kier alpha value is 0.922. The van der Waals surface area contributed by atoms with Crippen LogP contribution in [0.2, 0.25) is 2.97 Å². The van der Waals surface area contributed by atoms with Crippen LogP contribution in [-0.4, -0.2) is 25.8 Å². The molecule has 0 aliphatic carbocycles. The fourth-order valence-corrected chi connectivity index (χ4v) is 0.750. The first kappa shape index (κ1) is 8.92. The zero-order valence-corrected chi connectivity index (χ0v) is 14.4. The number of rotatable bonds is 3. The Bertz CT molecular complexity index is 47.1. The van der Waals surface area contributed by atoms with E-state index < -0.39 is 0 Å². The summed E-state index contributed by atoms with van der Waals surface area (Å²) in [6.45, 7) is 6.98. The predicted molar refractivity (Wildman–Crippen MR) is 43.5 cm³/mol. The van der Waals surface area contributed by atoms with E-state index in [1.807, 2.05) is 0 Å². The molecule has 0 radical (unpaired) electrons. The molecule has 1 heteroatoms. The van der Waals surface area contributed by atoms with Crippen LogP contribution in [0.25, 0.3) is 0 Å². The van der Waals surface area contributed by atoms with Crippen molar-refractivity contribution in [3.05, 3.63) is 0 Å². The van der Waals surface area contributed by atoms with Crippen LogP contribution < -0.4 is 0 Å². The molecule has 0 aromatic rings. The molecule has 0 spiro atoms. The van der Waals surface area contributed by atoms with Gasteiger partial charge in [0.15, 0.2) is 0 Å². The van der Waals surface area contributed by atoms with Crippen LogP contribution in [0, 0.1) is 0 Å². The minimum absolute atomic E-state index is 0.780. The van der Waals surface area contributed by atoms with Crippen molar-refractivity contribution in [1.29, 1.82) is 0 Å². The van der Waals surface area contributed by atoms with Crippen LogP contribution in [0.1, 0.15) is 40.0 Å². The maximum atomic E-state index is 2.33. The van der Waals surface area contributed by atoms with Gasteiger partial charge in [0.1, 0.15) is 0 Å². The molecule has 0 aromatic heterocycles. The van der Waals surface area contributed by atoms with Crippen molar-refractivity contribution in [2.45, 2.75) is 43.0 Å². The molecule has 0 saturated heterocycles. The van der Waals surface area contributed by atoms with Crippen LogP contribution in [0.15, 0.2) is 0 Å². The van der Waals surface area contributed by atoms with Crippen LogP contribution in [0.4, 0.5) is 0 Å². The first-order valence-corrected chi connectivity index (χ1v) is 7.57. The summed E-state index contributed by atoms with van der Waals surface area (Å²) in [4.78, 5) is 0. The molecule has 0 saturated carbocycles. The van der Waals surface area contributed by atoms with E-state index in [-0.39, 0.29) is 0 Å². The summed E-state index contributed by atoms with van der Waals surface area (Å²) in [5, 5.41) is 0. The number of hydrogen-bond donors (Lipinski definition) is 0. The van der Waals surface area contributed by atoms with E-state index in [0.717, 1.165) is 28.7 Å². The zero-order valence-electron chi connectivity index (χ0n) is 6.62. The summed E-state index contributed by atoms with van der Waals surface area (Å²) >= 11 is 0.780. The second-order valence-electron chi connectivity index (χ2n) is 2.87. The molecule has 0 heterocycles. The van der Waals surface area contributed by atoms with E-state index in [0.29, 0.717) is 0 Å². The average Bonchev–Trinajstić information content (AvgIpc) is 1.87. The summed E-state index contributed by atoms with van der Waals surface area (Å²) in [7, 11) is 0. The van der Waals surface area contributed by atoms with Gasteiger partial charge < -0.3 is 0 Å². The normalized spacial score (nSPS) is 12.4. The van der Waals surface area contributed by atoms with Gasteiger partial charge in [-0.1, -0.05) is 0 Å². The van der Waals surface area contributed by atoms with E-state index in [4.69, 9.17) is 0 Å². The fraction of sp³-hybridized carbons (Fsp3) is 1.00. The van der Waals surface area contributed by atoms with Gasteiger partial charge in [-0.05, 0) is 0 Å². The van der Waals surface area contributed by atoms with Crippen molar-refractivity contribution in [3.63, 3.8) is 0 Å². The monoisotopic (exact) mass is 310 g/mol. The molecule has 0 N–H and O–H groups in total. The van der Waals surface area contributed by atoms with Crippen LogP contribution in [0.3, 0.4) is 0 Å². The molecule has 0 amide bonds. The third kappa shape index (κ3) is 2.47. The van der Waals surface area contributed by atoms with E-state index in [1.54, 1.807) is 0 Å². The first-order chi connectivity index (χ1) is 3.68. The van der Waals surface area contributed by atoms with Gasteiger partial charge in [-0.25, -0.2) is 0 Å². The van der Waals surface area contributed by atoms with Crippen molar-refractivity contribution in [2.24, 2.45) is 0 Å². The van der Waals surface area contributed by atoms with E-state index in [2.05, 4.69) is 20.8 Å². The molecule has 0 atom stereocenters. The third-order valence-corrected chi connectivity index (χ3v) is 10.8. The molecular formula is C7H18Pb. The van der Waals surface area contributed by atoms with Gasteiger partial charge in [0.2, 0.25) is 0 Å². The Morgan fingerprint density at radius 3 is 1.25 bits per heavy atom. The minimum atomic E-state index is 0.780. The predicted octanol–water partition coefficient (Wildman–Crippen LogP) is 1.74. The third-order valence-electron chi connectivity index (χ3n) is 2.56. The molecule has 8 heavy (non-hydrogen) atoms. The molecule has 0 aliphatic heterocycles. The maximum absolute atomic E-state index is 2.33. The summed E-state index contributed by atoms with van der Waals surface area (Å²) in [6, 6.07) is 0. The Labute approximate surface area is 68.7 Å². The van der Waals surface area contributed by atoms with Crippen molar-refractivity contribution >= 4 is 25.8 Å². The van der Waals surface area contributed by atoms with Crippen molar-refractivity contribution < 1.29 is 0 Å². The molecule has 0 fully saturated rings. The van der Waals surface area contributed by atoms with Crippen molar-refractivity contribution in [3.8, 4) is 0 Å². The van der Waals surface area contributed by atoms with Gasteiger partial charge in [0, 0.05) is 0 Å². The van der Waals surface area contributed by atoms with E-state index in [1.165, 1.54) is 19.3 Å². The molecule has 0 rings (SSSR count). The molecule has 0 aromatic carbocycles. The van der Waals surface area contributed by atoms with Gasteiger partial charge in [-0.3, -0.25) is 0 Å². The summed E-state index contributed by atoms with van der Waals surface area (Å²) < 4.78 is 0.847. The molecule has 0 aliphatic rings. The zero-order chi connectivity index (χ0) is 6.62. The topological polar surface area (TPSA) is 0 Å². The average molecular weight is 309 g/mol. The summed E-state index contributed by atoms with van der Waals surface area (Å²) in [5.41, 5.74) is 0. The molecule has 50 valence electrons. The molecular weight excluding hydrogens is 291 g/mol. The van der Waals surface area contributed by atoms with Gasteiger partial charge >= 0.3 is 68.8 Å². The Morgan fingerprint density at radius 1 is 1.00 bits per heavy atom. The number of hydrogen-bond acceptors (Lipinski definition) is 0. The Kier molecular flexibility index (Phi) is 4.30. The van der Waals surface area contributed by atoms with Gasteiger partial charge in [0.05, 0.1) is 0 Å². The second-order valence-corrected chi connectivity index (χ2v) is 11.1. The van der Waals surface area contributed by atoms with Crippen LogP contribution in [-0.2, 0) is 0 Å². The SMILES string of the molecule is CC[C]([PbH3])(CC)CC. The van der Waals surface area contributed by atoms with E-state index in [9.17, 15) is 0 Å². The molecule has 0 unspecified atom stereocenters. The fourth-order valence-electron chi connectivity index (χ4n) is 0.750. The van der Waals surface area contributed by atoms with Gasteiger partial charge in [-0.15, -0.1) is 0 Å².